The zero-order valence-electron chi connectivity index (χ0n) is 10.1. The number of rotatable bonds is 4. The van der Waals surface area contributed by atoms with Crippen LogP contribution in [0, 0.1) is 10.1 Å². The molecule has 19 heavy (non-hydrogen) atoms. The summed E-state index contributed by atoms with van der Waals surface area (Å²) < 4.78 is 5.05. The van der Waals surface area contributed by atoms with Crippen LogP contribution < -0.4 is 4.74 Å². The van der Waals surface area contributed by atoms with E-state index in [-0.39, 0.29) is 11.4 Å². The van der Waals surface area contributed by atoms with Gasteiger partial charge in [-0.05, 0) is 36.4 Å². The number of nitro benzene ring substituents is 1. The molecule has 2 aromatic carbocycles. The van der Waals surface area contributed by atoms with E-state index >= 15 is 0 Å². The number of phenolic OH excluding ortho intramolecular Hbond substituents is 1. The van der Waals surface area contributed by atoms with Crippen molar-refractivity contribution in [3.63, 3.8) is 0 Å². The van der Waals surface area contributed by atoms with Crippen molar-refractivity contribution >= 4 is 17.4 Å². The van der Waals surface area contributed by atoms with Gasteiger partial charge in [0.15, 0.2) is 5.75 Å². The lowest BCUT2D eigenvalue weighted by Gasteiger charge is -2.04. The van der Waals surface area contributed by atoms with Crippen LogP contribution in [0.4, 0.5) is 5.69 Å². The molecule has 0 unspecified atom stereocenters. The maximum Gasteiger partial charge on any atom is 0.311 e. The highest BCUT2D eigenvalue weighted by molar-refractivity contribution is 7.99. The zero-order valence-corrected chi connectivity index (χ0v) is 10.9. The first-order chi connectivity index (χ1) is 9.10. The van der Waals surface area contributed by atoms with Crippen molar-refractivity contribution in [2.75, 3.05) is 7.11 Å². The molecule has 0 aliphatic carbocycles. The second-order valence-corrected chi connectivity index (χ2v) is 4.83. The first kappa shape index (κ1) is 13.2. The van der Waals surface area contributed by atoms with E-state index in [0.717, 1.165) is 10.6 Å². The van der Waals surface area contributed by atoms with Gasteiger partial charge < -0.3 is 9.84 Å². The van der Waals surface area contributed by atoms with Gasteiger partial charge in [-0.1, -0.05) is 11.8 Å². The summed E-state index contributed by atoms with van der Waals surface area (Å²) in [6.07, 6.45) is 0. The average Bonchev–Trinajstić information content (AvgIpc) is 2.41. The van der Waals surface area contributed by atoms with E-state index in [1.807, 2.05) is 24.3 Å². The van der Waals surface area contributed by atoms with E-state index in [0.29, 0.717) is 4.90 Å². The molecule has 0 radical (unpaired) electrons. The third kappa shape index (κ3) is 3.17. The zero-order chi connectivity index (χ0) is 13.8. The Bertz CT molecular complexity index is 598. The lowest BCUT2D eigenvalue weighted by atomic mass is 10.3. The Labute approximate surface area is 114 Å². The molecule has 0 spiro atoms. The van der Waals surface area contributed by atoms with Crippen LogP contribution in [0.15, 0.2) is 52.3 Å². The third-order valence-electron chi connectivity index (χ3n) is 2.44. The highest BCUT2D eigenvalue weighted by Crippen LogP contribution is 2.34. The van der Waals surface area contributed by atoms with E-state index in [1.165, 1.54) is 23.9 Å². The molecule has 0 aliphatic rings. The van der Waals surface area contributed by atoms with Crippen molar-refractivity contribution in [2.45, 2.75) is 9.79 Å². The summed E-state index contributed by atoms with van der Waals surface area (Å²) in [5, 5.41) is 20.1. The molecule has 0 saturated carbocycles. The van der Waals surface area contributed by atoms with Crippen LogP contribution >= 0.6 is 11.8 Å². The van der Waals surface area contributed by atoms with Crippen LogP contribution in [-0.2, 0) is 0 Å². The number of benzene rings is 2. The van der Waals surface area contributed by atoms with Gasteiger partial charge >= 0.3 is 5.69 Å². The summed E-state index contributed by atoms with van der Waals surface area (Å²) >= 11 is 1.38. The minimum absolute atomic E-state index is 0.293. The van der Waals surface area contributed by atoms with Crippen molar-refractivity contribution in [2.24, 2.45) is 0 Å². The normalized spacial score (nSPS) is 10.2. The van der Waals surface area contributed by atoms with Crippen LogP contribution in [0.5, 0.6) is 11.5 Å². The van der Waals surface area contributed by atoms with E-state index in [9.17, 15) is 15.2 Å². The van der Waals surface area contributed by atoms with Crippen LogP contribution in [-0.4, -0.2) is 17.1 Å². The first-order valence-electron chi connectivity index (χ1n) is 5.39. The third-order valence-corrected chi connectivity index (χ3v) is 3.44. The Hall–Kier alpha value is -2.21. The quantitative estimate of drug-likeness (QED) is 0.684. The summed E-state index contributed by atoms with van der Waals surface area (Å²) in [6, 6.07) is 11.7. The molecule has 98 valence electrons. The van der Waals surface area contributed by atoms with Crippen molar-refractivity contribution in [1.29, 1.82) is 0 Å². The lowest BCUT2D eigenvalue weighted by molar-refractivity contribution is -0.386. The van der Waals surface area contributed by atoms with Crippen molar-refractivity contribution in [3.8, 4) is 11.5 Å². The number of phenols is 1. The fourth-order valence-corrected chi connectivity index (χ4v) is 2.34. The molecule has 1 N–H and O–H groups in total. The summed E-state index contributed by atoms with van der Waals surface area (Å²) in [5.41, 5.74) is -0.293. The van der Waals surface area contributed by atoms with E-state index in [1.54, 1.807) is 13.2 Å². The summed E-state index contributed by atoms with van der Waals surface area (Å²) in [4.78, 5) is 11.7. The fraction of sp³-hybridized carbons (Fsp3) is 0.0769. The Morgan fingerprint density at radius 2 is 1.79 bits per heavy atom. The molecule has 0 aromatic heterocycles. The number of hydrogen-bond donors (Lipinski definition) is 1. The van der Waals surface area contributed by atoms with Gasteiger partial charge in [0.1, 0.15) is 5.75 Å². The van der Waals surface area contributed by atoms with Crippen LogP contribution in [0.2, 0.25) is 0 Å². The van der Waals surface area contributed by atoms with Gasteiger partial charge in [-0.3, -0.25) is 10.1 Å². The molecule has 5 nitrogen and oxygen atoms in total. The van der Waals surface area contributed by atoms with Gasteiger partial charge in [0, 0.05) is 15.9 Å². The standard InChI is InChI=1S/C13H11NO4S/c1-18-9-2-4-10(5-3-9)19-11-6-7-13(15)12(8-11)14(16)17/h2-8,15H,1H3. The Morgan fingerprint density at radius 1 is 1.16 bits per heavy atom. The molecule has 2 aromatic rings. The summed E-state index contributed by atoms with van der Waals surface area (Å²) in [7, 11) is 1.59. The number of nitrogens with zero attached hydrogens (tertiary/aromatic N) is 1. The SMILES string of the molecule is COc1ccc(Sc2ccc(O)c([N+](=O)[O-])c2)cc1. The molecule has 0 aliphatic heterocycles. The minimum atomic E-state index is -0.604. The van der Waals surface area contributed by atoms with Gasteiger partial charge in [-0.2, -0.15) is 0 Å². The predicted molar refractivity (Wildman–Crippen MR) is 71.9 cm³/mol. The minimum Gasteiger partial charge on any atom is -0.502 e. The molecule has 0 fully saturated rings. The molecule has 0 saturated heterocycles. The average molecular weight is 277 g/mol. The molecule has 0 amide bonds. The molecular formula is C13H11NO4S. The van der Waals surface area contributed by atoms with Gasteiger partial charge in [-0.25, -0.2) is 0 Å². The second kappa shape index (κ2) is 5.62. The van der Waals surface area contributed by atoms with Crippen molar-refractivity contribution < 1.29 is 14.8 Å². The van der Waals surface area contributed by atoms with Crippen molar-refractivity contribution in [1.82, 2.24) is 0 Å². The molecule has 6 heteroatoms. The summed E-state index contributed by atoms with van der Waals surface area (Å²) in [6.45, 7) is 0. The highest BCUT2D eigenvalue weighted by Gasteiger charge is 2.13. The van der Waals surface area contributed by atoms with Gasteiger partial charge in [0.25, 0.3) is 0 Å². The van der Waals surface area contributed by atoms with E-state index in [4.69, 9.17) is 4.74 Å². The lowest BCUT2D eigenvalue weighted by Crippen LogP contribution is -1.88. The number of ether oxygens (including phenoxy) is 1. The highest BCUT2D eigenvalue weighted by atomic mass is 32.2. The molecule has 0 atom stereocenters. The Morgan fingerprint density at radius 3 is 2.37 bits per heavy atom. The van der Waals surface area contributed by atoms with Crippen LogP contribution in [0.25, 0.3) is 0 Å². The van der Waals surface area contributed by atoms with Crippen LogP contribution in [0.3, 0.4) is 0 Å². The second-order valence-electron chi connectivity index (χ2n) is 3.69. The number of nitro groups is 1. The monoisotopic (exact) mass is 277 g/mol. The predicted octanol–water partition coefficient (Wildman–Crippen LogP) is 3.46. The number of hydrogen-bond acceptors (Lipinski definition) is 5. The Kier molecular flexibility index (Phi) is 3.91. The van der Waals surface area contributed by atoms with Gasteiger partial charge in [0.05, 0.1) is 12.0 Å². The Balaban J connectivity index is 2.22. The topological polar surface area (TPSA) is 72.6 Å². The maximum absolute atomic E-state index is 10.7. The molecule has 0 bridgehead atoms. The molecular weight excluding hydrogens is 266 g/mol. The van der Waals surface area contributed by atoms with Crippen molar-refractivity contribution in [3.05, 3.63) is 52.6 Å². The number of methoxy groups -OCH3 is 1. The maximum atomic E-state index is 10.7. The fourth-order valence-electron chi connectivity index (χ4n) is 1.49. The van der Waals surface area contributed by atoms with E-state index in [2.05, 4.69) is 0 Å². The largest absolute Gasteiger partial charge is 0.502 e. The smallest absolute Gasteiger partial charge is 0.311 e. The van der Waals surface area contributed by atoms with E-state index < -0.39 is 4.92 Å². The number of aromatic hydroxyl groups is 1. The molecule has 2 rings (SSSR count). The van der Waals surface area contributed by atoms with Gasteiger partial charge in [-0.15, -0.1) is 0 Å². The summed E-state index contributed by atoms with van der Waals surface area (Å²) in [5.74, 6) is 0.421. The first-order valence-corrected chi connectivity index (χ1v) is 6.21. The van der Waals surface area contributed by atoms with Crippen LogP contribution in [0.1, 0.15) is 0 Å². The molecule has 0 heterocycles. The van der Waals surface area contributed by atoms with Gasteiger partial charge in [0.2, 0.25) is 0 Å².